The minimum Gasteiger partial charge on any atom is -0.365 e. The summed E-state index contributed by atoms with van der Waals surface area (Å²) in [7, 11) is -1.87. The largest absolute Gasteiger partial charge is 0.365 e. The first-order valence-electron chi connectivity index (χ1n) is 4.49. The Bertz CT molecular complexity index is 173. The smallest absolute Gasteiger partial charge is 0.194 e. The van der Waals surface area contributed by atoms with Crippen LogP contribution < -0.4 is 0 Å². The zero-order chi connectivity index (χ0) is 10.7. The summed E-state index contributed by atoms with van der Waals surface area (Å²) in [6.45, 7) is 15.1. The molecule has 0 spiro atoms. The molecule has 0 fully saturated rings. The van der Waals surface area contributed by atoms with Crippen LogP contribution in [0.2, 0.25) is 39.3 Å². The predicted octanol–water partition coefficient (Wildman–Crippen LogP) is 3.35. The first-order valence-corrected chi connectivity index (χ1v) is 12.6. The highest BCUT2D eigenvalue weighted by Crippen LogP contribution is 2.13. The van der Waals surface area contributed by atoms with E-state index in [1.807, 2.05) is 0 Å². The van der Waals surface area contributed by atoms with Gasteiger partial charge in [0.1, 0.15) is 0 Å². The second-order valence-electron chi connectivity index (χ2n) is 4.92. The van der Waals surface area contributed by atoms with E-state index in [2.05, 4.69) is 45.9 Å². The predicted molar refractivity (Wildman–Crippen MR) is 66.7 cm³/mol. The Morgan fingerprint density at radius 3 is 1.31 bits per heavy atom. The van der Waals surface area contributed by atoms with Gasteiger partial charge in [0, 0.05) is 0 Å². The van der Waals surface area contributed by atoms with E-state index in [0.717, 1.165) is 13.9 Å². The molecule has 0 unspecified atom stereocenters. The molecule has 0 bridgehead atoms. The molecule has 5 heteroatoms. The van der Waals surface area contributed by atoms with Crippen LogP contribution >= 0.6 is 8.20 Å². The van der Waals surface area contributed by atoms with Gasteiger partial charge in [0.05, 0.1) is 0 Å². The van der Waals surface area contributed by atoms with E-state index < -0.39 is 16.6 Å². The second-order valence-corrected chi connectivity index (χ2v) is 14.6. The van der Waals surface area contributed by atoms with Gasteiger partial charge in [-0.3, -0.25) is 0 Å². The van der Waals surface area contributed by atoms with Crippen LogP contribution in [0, 0.1) is 0 Å². The van der Waals surface area contributed by atoms with Gasteiger partial charge >= 0.3 is 0 Å². The Hall–Kier alpha value is 0.524. The van der Waals surface area contributed by atoms with E-state index in [1.165, 1.54) is 0 Å². The summed E-state index contributed by atoms with van der Waals surface area (Å²) in [5.41, 5.74) is 0.818. The number of hydrogen-bond acceptors (Lipinski definition) is 2. The van der Waals surface area contributed by atoms with Crippen LogP contribution in [0.4, 0.5) is 0 Å². The quantitative estimate of drug-likeness (QED) is 0.550. The standard InChI is InChI=1S/C8H21O2PSi2/c1-11-8(9-12(2,3)4)10-13(5,6)7/h1-7H3. The van der Waals surface area contributed by atoms with E-state index in [1.54, 1.807) is 0 Å². The summed E-state index contributed by atoms with van der Waals surface area (Å²) in [4.78, 5) is 0. The minimum atomic E-state index is -1.49. The molecule has 0 rings (SSSR count). The molecule has 0 amide bonds. The summed E-state index contributed by atoms with van der Waals surface area (Å²) in [6.07, 6.45) is 0. The maximum atomic E-state index is 5.82. The van der Waals surface area contributed by atoms with Gasteiger partial charge in [0.25, 0.3) is 0 Å². The fourth-order valence-corrected chi connectivity index (χ4v) is 4.22. The zero-order valence-electron chi connectivity index (χ0n) is 9.76. The highest BCUT2D eigenvalue weighted by atomic mass is 31.1. The lowest BCUT2D eigenvalue weighted by Crippen LogP contribution is -2.36. The van der Waals surface area contributed by atoms with Crippen LogP contribution in [0.25, 0.3) is 0 Å². The van der Waals surface area contributed by atoms with Gasteiger partial charge in [-0.15, -0.1) is 0 Å². The van der Waals surface area contributed by atoms with E-state index in [4.69, 9.17) is 8.85 Å². The monoisotopic (exact) mass is 236 g/mol. The molecule has 0 atom stereocenters. The van der Waals surface area contributed by atoms with Crippen molar-refractivity contribution >= 4 is 30.5 Å². The molecule has 0 saturated carbocycles. The van der Waals surface area contributed by atoms with Crippen molar-refractivity contribution in [2.24, 2.45) is 0 Å². The summed E-state index contributed by atoms with van der Waals surface area (Å²) < 4.78 is 11.6. The maximum Gasteiger partial charge on any atom is 0.194 e. The Kier molecular flexibility index (Phi) is 5.04. The van der Waals surface area contributed by atoms with Crippen LogP contribution in [0.1, 0.15) is 0 Å². The van der Waals surface area contributed by atoms with Crippen molar-refractivity contribution in [1.29, 1.82) is 0 Å². The molecule has 0 aromatic heterocycles. The summed E-state index contributed by atoms with van der Waals surface area (Å²) in [6, 6.07) is 0. The van der Waals surface area contributed by atoms with Gasteiger partial charge < -0.3 is 8.85 Å². The maximum absolute atomic E-state index is 5.82. The van der Waals surface area contributed by atoms with Crippen LogP contribution in [0.15, 0.2) is 0 Å². The Morgan fingerprint density at radius 1 is 0.846 bits per heavy atom. The molecule has 0 aliphatic carbocycles. The van der Waals surface area contributed by atoms with Crippen molar-refractivity contribution in [3.8, 4) is 0 Å². The van der Waals surface area contributed by atoms with Gasteiger partial charge in [0.15, 0.2) is 22.3 Å². The normalized spacial score (nSPS) is 13.5. The molecule has 2 nitrogen and oxygen atoms in total. The highest BCUT2D eigenvalue weighted by molar-refractivity contribution is 7.39. The molecular formula is C8H21O2PSi2. The molecular weight excluding hydrogens is 215 g/mol. The van der Waals surface area contributed by atoms with Crippen LogP contribution in [-0.4, -0.2) is 29.0 Å². The van der Waals surface area contributed by atoms with E-state index in [9.17, 15) is 0 Å². The molecule has 0 aromatic rings. The van der Waals surface area contributed by atoms with Crippen molar-refractivity contribution in [1.82, 2.24) is 0 Å². The van der Waals surface area contributed by atoms with Crippen molar-refractivity contribution < 1.29 is 8.85 Å². The van der Waals surface area contributed by atoms with Crippen molar-refractivity contribution in [2.45, 2.75) is 39.3 Å². The molecule has 78 valence electrons. The van der Waals surface area contributed by atoms with E-state index in [0.29, 0.717) is 0 Å². The van der Waals surface area contributed by atoms with Crippen molar-refractivity contribution in [3.63, 3.8) is 0 Å². The molecule has 0 radical (unpaired) electrons. The summed E-state index contributed by atoms with van der Waals surface area (Å²) in [5, 5.41) is 0. The lowest BCUT2D eigenvalue weighted by atomic mass is 11.5. The Labute approximate surface area is 85.7 Å². The van der Waals surface area contributed by atoms with Crippen molar-refractivity contribution in [3.05, 3.63) is 0 Å². The van der Waals surface area contributed by atoms with Crippen LogP contribution in [0.3, 0.4) is 0 Å². The minimum absolute atomic E-state index is 0.818. The van der Waals surface area contributed by atoms with Crippen LogP contribution in [-0.2, 0) is 8.85 Å². The molecule has 13 heavy (non-hydrogen) atoms. The first-order chi connectivity index (χ1) is 5.64. The van der Waals surface area contributed by atoms with E-state index in [-0.39, 0.29) is 0 Å². The lowest BCUT2D eigenvalue weighted by Gasteiger charge is -2.24. The van der Waals surface area contributed by atoms with Crippen molar-refractivity contribution in [2.75, 3.05) is 6.66 Å². The molecule has 0 aliphatic rings. The third kappa shape index (κ3) is 8.84. The topological polar surface area (TPSA) is 18.5 Å². The van der Waals surface area contributed by atoms with Gasteiger partial charge in [-0.25, -0.2) is 0 Å². The highest BCUT2D eigenvalue weighted by Gasteiger charge is 2.22. The molecule has 0 aliphatic heterocycles. The molecule has 0 aromatic carbocycles. The Balaban J connectivity index is 4.24. The third-order valence-corrected chi connectivity index (χ3v) is 3.46. The number of rotatable bonds is 4. The second kappa shape index (κ2) is 4.85. The lowest BCUT2D eigenvalue weighted by molar-refractivity contribution is 0.398. The number of hydrogen-bond donors (Lipinski definition) is 0. The molecule has 0 N–H and O–H groups in total. The zero-order valence-corrected chi connectivity index (χ0v) is 12.7. The molecule has 0 heterocycles. The third-order valence-electron chi connectivity index (χ3n) is 0.970. The fraction of sp³-hybridized carbons (Fsp3) is 0.875. The van der Waals surface area contributed by atoms with Gasteiger partial charge in [-0.2, -0.15) is 0 Å². The van der Waals surface area contributed by atoms with Crippen LogP contribution in [0.5, 0.6) is 0 Å². The van der Waals surface area contributed by atoms with Gasteiger partial charge in [0.2, 0.25) is 0 Å². The average Bonchev–Trinajstić information content (AvgIpc) is 1.79. The Morgan fingerprint density at radius 2 is 1.15 bits per heavy atom. The first kappa shape index (κ1) is 13.5. The van der Waals surface area contributed by atoms with E-state index >= 15 is 0 Å². The molecule has 0 saturated heterocycles. The average molecular weight is 236 g/mol. The van der Waals surface area contributed by atoms with Gasteiger partial charge in [-0.05, 0) is 54.2 Å². The SMILES string of the molecule is CP=C(O[Si](C)(C)C)O[Si](C)(C)C. The summed E-state index contributed by atoms with van der Waals surface area (Å²) >= 11 is 0. The van der Waals surface area contributed by atoms with Gasteiger partial charge in [-0.1, -0.05) is 0 Å². The fourth-order valence-electron chi connectivity index (χ4n) is 0.636. The summed E-state index contributed by atoms with van der Waals surface area (Å²) in [5.74, 6) is 0.